The topological polar surface area (TPSA) is 365 Å². The largest absolute Gasteiger partial charge is 0.375 e. The first-order chi connectivity index (χ1) is 24.6. The monoisotopic (exact) mass is 950 g/mol. The van der Waals surface area contributed by atoms with E-state index in [4.69, 9.17) is 20.9 Å². The van der Waals surface area contributed by atoms with Crippen LogP contribution in [-0.4, -0.2) is 86.2 Å². The molecule has 2 aliphatic rings. The number of imidazole rings is 2. The summed E-state index contributed by atoms with van der Waals surface area (Å²) < 4.78 is 71.5. The normalized spacial score (nSPS) is 25.0. The number of halogens is 2. The van der Waals surface area contributed by atoms with Crippen LogP contribution in [0.5, 0.6) is 0 Å². The summed E-state index contributed by atoms with van der Waals surface area (Å²) in [6.45, 7) is 0. The molecule has 4 unspecified atom stereocenters. The highest BCUT2D eigenvalue weighted by molar-refractivity contribution is 9.29. The van der Waals surface area contributed by atoms with Gasteiger partial charge in [0.05, 0.1) is 36.9 Å². The van der Waals surface area contributed by atoms with Crippen LogP contribution in [0, 0.1) is 0 Å². The minimum atomic E-state index is -5.79. The fourth-order valence-corrected chi connectivity index (χ4v) is 14.3. The van der Waals surface area contributed by atoms with Crippen molar-refractivity contribution in [2.24, 2.45) is 0 Å². The number of nitrogens with zero attached hydrogens (tertiary/aromatic N) is 6. The molecule has 0 radical (unpaired) electrons. The van der Waals surface area contributed by atoms with Crippen molar-refractivity contribution in [3.8, 4) is 0 Å². The van der Waals surface area contributed by atoms with Crippen LogP contribution in [0.1, 0.15) is 24.9 Å². The van der Waals surface area contributed by atoms with Crippen molar-refractivity contribution in [2.75, 3.05) is 24.2 Å². The summed E-state index contributed by atoms with van der Waals surface area (Å²) in [5.41, 5.74) is 10.5. The van der Waals surface area contributed by atoms with E-state index in [1.165, 1.54) is 33.9 Å². The van der Waals surface area contributed by atoms with Gasteiger partial charge in [0.25, 0.3) is 13.8 Å². The average Bonchev–Trinajstić information content (AvgIpc) is 3.84. The molecule has 10 N–H and O–H groups in total. The number of allylic oxidation sites excluding steroid dienone is 2. The van der Waals surface area contributed by atoms with Gasteiger partial charge in [0.15, 0.2) is 22.3 Å². The van der Waals surface area contributed by atoms with E-state index in [0.717, 1.165) is 0 Å². The Morgan fingerprint density at radius 1 is 0.736 bits per heavy atom. The van der Waals surface area contributed by atoms with Crippen LogP contribution < -0.4 is 22.6 Å². The predicted octanol–water partition coefficient (Wildman–Crippen LogP) is 2.28. The van der Waals surface area contributed by atoms with Gasteiger partial charge in [0, 0.05) is 12.8 Å². The molecular formula is C23H28Br2N10O14P4. The van der Waals surface area contributed by atoms with Gasteiger partial charge >= 0.3 is 30.4 Å². The van der Waals surface area contributed by atoms with Crippen molar-refractivity contribution in [2.45, 2.75) is 39.8 Å². The number of nitrogen functional groups attached to an aromatic ring is 2. The smallest absolute Gasteiger partial charge is 0.369 e. The van der Waals surface area contributed by atoms with Crippen LogP contribution in [0.4, 0.5) is 11.9 Å². The van der Waals surface area contributed by atoms with Gasteiger partial charge in [0.2, 0.25) is 11.9 Å². The average molecular weight is 952 g/mol. The lowest BCUT2D eigenvalue weighted by Crippen LogP contribution is -2.18. The first-order valence-corrected chi connectivity index (χ1v) is 23.0. The molecule has 30 heteroatoms. The number of nitrogens with two attached hydrogens (primary N) is 2. The lowest BCUT2D eigenvalue weighted by molar-refractivity contribution is 0.102. The van der Waals surface area contributed by atoms with Gasteiger partial charge in [-0.3, -0.25) is 37.8 Å². The number of H-pyrrole nitrogens is 2. The van der Waals surface area contributed by atoms with Crippen molar-refractivity contribution in [3.05, 3.63) is 57.7 Å². The minimum absolute atomic E-state index is 0.0249. The standard InChI is InChI=1S/C23H28Br2N10O14P4/c24-23(25,52(42,43)48-50(38,39)9-46-13-3-1-11(5-13)34-7-28-15-17(34)30-21(26)32-19(15)36)53(44,45)49-51(40,41)10-47-14-4-2-12(6-14)35-8-29-16-18(35)31-22(27)33-20(16)37/h1-4,7-8,11-14H,5-6,9-10H2,(H,38,39)(H,40,41)(H,42,43)(H,44,45)(H3,26,30,32,36)(H3,27,31,33,37)/t11-,12-,13-,14-/m0/s1. The van der Waals surface area contributed by atoms with Gasteiger partial charge < -0.3 is 49.6 Å². The Bertz CT molecular complexity index is 2300. The van der Waals surface area contributed by atoms with Crippen molar-refractivity contribution >= 4 is 96.5 Å². The molecule has 53 heavy (non-hydrogen) atoms. The molecule has 0 saturated heterocycles. The Labute approximate surface area is 312 Å². The second-order valence-corrected chi connectivity index (χ2v) is 25.6. The summed E-state index contributed by atoms with van der Waals surface area (Å²) in [6.07, 6.45) is 5.14. The van der Waals surface area contributed by atoms with E-state index in [0.29, 0.717) is 0 Å². The van der Waals surface area contributed by atoms with E-state index in [1.54, 1.807) is 12.2 Å². The molecular weight excluding hydrogens is 924 g/mol. The van der Waals surface area contributed by atoms with Gasteiger partial charge in [-0.25, -0.2) is 18.6 Å². The summed E-state index contributed by atoms with van der Waals surface area (Å²) in [4.78, 5) is 86.8. The van der Waals surface area contributed by atoms with Crippen molar-refractivity contribution in [3.63, 3.8) is 0 Å². The van der Waals surface area contributed by atoms with Crippen LogP contribution >= 0.6 is 62.2 Å². The van der Waals surface area contributed by atoms with E-state index in [1.807, 2.05) is 0 Å². The zero-order valence-electron chi connectivity index (χ0n) is 26.4. The molecule has 2 aliphatic carbocycles. The zero-order chi connectivity index (χ0) is 38.7. The predicted molar refractivity (Wildman–Crippen MR) is 192 cm³/mol. The second-order valence-electron chi connectivity index (χ2n) is 11.6. The molecule has 0 spiro atoms. The third-order valence-corrected chi connectivity index (χ3v) is 20.7. The number of aromatic nitrogens is 8. The van der Waals surface area contributed by atoms with E-state index < -0.39 is 81.2 Å². The molecule has 4 aromatic rings. The maximum absolute atomic E-state index is 13.1. The number of rotatable bonds is 14. The number of alkyl halides is 2. The Hall–Kier alpha value is -2.66. The van der Waals surface area contributed by atoms with Gasteiger partial charge in [-0.2, -0.15) is 9.97 Å². The molecule has 0 amide bonds. The quantitative estimate of drug-likeness (QED) is 0.0510. The molecule has 8 atom stereocenters. The molecule has 0 saturated carbocycles. The lowest BCUT2D eigenvalue weighted by atomic mass is 10.2. The molecule has 0 aliphatic heterocycles. The highest BCUT2D eigenvalue weighted by Crippen LogP contribution is 2.85. The van der Waals surface area contributed by atoms with Crippen LogP contribution in [0.2, 0.25) is 0 Å². The molecule has 0 fully saturated rings. The lowest BCUT2D eigenvalue weighted by Gasteiger charge is -2.31. The van der Waals surface area contributed by atoms with Crippen molar-refractivity contribution < 1.29 is 55.9 Å². The van der Waals surface area contributed by atoms with E-state index in [2.05, 4.69) is 70.4 Å². The summed E-state index contributed by atoms with van der Waals surface area (Å²) in [5, 5.41) is 0. The number of ether oxygens (including phenoxy) is 2. The number of fused-ring (bicyclic) bond motifs is 2. The minimum Gasteiger partial charge on any atom is -0.369 e. The SMILES string of the molecule is Nc1nc2c(ncn2[C@H]2C=C[C@H](OCP(=O)(O)OP(=O)(O)C(Br)(Br)P(=O)(O)OP(=O)(O)CO[C@H]3C=C[C@H](n4cnc5c(=O)[nH]c(N)nc54)C3)C2)c(=O)[nH]1. The van der Waals surface area contributed by atoms with Crippen molar-refractivity contribution in [1.82, 2.24) is 39.0 Å². The van der Waals surface area contributed by atoms with Gasteiger partial charge in [-0.15, -0.1) is 0 Å². The number of nitrogens with one attached hydrogen (secondary N) is 2. The Morgan fingerprint density at radius 2 is 1.11 bits per heavy atom. The second kappa shape index (κ2) is 14.4. The maximum atomic E-state index is 13.1. The summed E-state index contributed by atoms with van der Waals surface area (Å²) in [5.74, 6) is -0.286. The molecule has 0 bridgehead atoms. The zero-order valence-corrected chi connectivity index (χ0v) is 33.1. The number of hydrogen-bond acceptors (Lipinski definition) is 16. The molecule has 0 aromatic carbocycles. The first-order valence-electron chi connectivity index (χ1n) is 14.7. The van der Waals surface area contributed by atoms with Gasteiger partial charge in [-0.1, -0.05) is 24.3 Å². The highest BCUT2D eigenvalue weighted by atomic mass is 79.9. The maximum Gasteiger partial charge on any atom is 0.375 e. The molecule has 288 valence electrons. The summed E-state index contributed by atoms with van der Waals surface area (Å²) in [7, 11) is -22.0. The third kappa shape index (κ3) is 8.31. The molecule has 4 aromatic heterocycles. The van der Waals surface area contributed by atoms with Crippen LogP contribution in [0.15, 0.2) is 46.5 Å². The Morgan fingerprint density at radius 3 is 1.49 bits per heavy atom. The van der Waals surface area contributed by atoms with E-state index in [-0.39, 0.29) is 47.1 Å². The van der Waals surface area contributed by atoms with E-state index >= 15 is 0 Å². The molecule has 6 rings (SSSR count). The fourth-order valence-electron chi connectivity index (χ4n) is 5.36. The highest BCUT2D eigenvalue weighted by Gasteiger charge is 2.64. The van der Waals surface area contributed by atoms with Gasteiger partial charge in [0.1, 0.15) is 12.7 Å². The molecule has 24 nitrogen and oxygen atoms in total. The van der Waals surface area contributed by atoms with Crippen LogP contribution in [0.3, 0.4) is 0 Å². The van der Waals surface area contributed by atoms with Gasteiger partial charge in [-0.05, 0) is 31.9 Å². The Kier molecular flexibility index (Phi) is 10.9. The third-order valence-electron chi connectivity index (χ3n) is 7.72. The summed E-state index contributed by atoms with van der Waals surface area (Å²) >= 11 is 4.92. The number of aromatic amines is 2. The number of hydrogen-bond donors (Lipinski definition) is 8. The van der Waals surface area contributed by atoms with Crippen LogP contribution in [-0.2, 0) is 36.4 Å². The van der Waals surface area contributed by atoms with Crippen molar-refractivity contribution in [1.29, 1.82) is 0 Å². The summed E-state index contributed by atoms with van der Waals surface area (Å²) in [6, 6.07) is -0.968. The number of anilines is 2. The first kappa shape index (κ1) is 40.0. The fraction of sp³-hybridized carbons (Fsp3) is 0.391. The molecule has 4 heterocycles. The van der Waals surface area contributed by atoms with Crippen LogP contribution in [0.25, 0.3) is 22.3 Å². The Balaban J connectivity index is 1.02. The van der Waals surface area contributed by atoms with E-state index in [9.17, 15) is 47.4 Å².